The minimum absolute atomic E-state index is 0.0567. The SMILES string of the molecule is O=S(=O)(Cl)c1ccccc1C1(CF)CCCC1. The van der Waals surface area contributed by atoms with Gasteiger partial charge in [0.05, 0.1) is 11.6 Å². The predicted octanol–water partition coefficient (Wildman–Crippen LogP) is 3.40. The average Bonchev–Trinajstić information content (AvgIpc) is 2.78. The molecule has 17 heavy (non-hydrogen) atoms. The van der Waals surface area contributed by atoms with Crippen LogP contribution in [0.3, 0.4) is 0 Å². The summed E-state index contributed by atoms with van der Waals surface area (Å²) >= 11 is 0. The van der Waals surface area contributed by atoms with Crippen LogP contribution < -0.4 is 0 Å². The molecular weight excluding hydrogens is 263 g/mol. The Kier molecular flexibility index (Phi) is 3.46. The van der Waals surface area contributed by atoms with Crippen LogP contribution in [0, 0.1) is 0 Å². The minimum atomic E-state index is -3.81. The highest BCUT2D eigenvalue weighted by Gasteiger charge is 2.39. The van der Waals surface area contributed by atoms with Gasteiger partial charge in [0.2, 0.25) is 0 Å². The van der Waals surface area contributed by atoms with E-state index in [-0.39, 0.29) is 4.90 Å². The summed E-state index contributed by atoms with van der Waals surface area (Å²) in [6.45, 7) is -0.531. The lowest BCUT2D eigenvalue weighted by Gasteiger charge is -2.27. The second-order valence-electron chi connectivity index (χ2n) is 4.56. The third-order valence-corrected chi connectivity index (χ3v) is 4.92. The Morgan fingerprint density at radius 1 is 1.24 bits per heavy atom. The van der Waals surface area contributed by atoms with E-state index in [0.29, 0.717) is 18.4 Å². The van der Waals surface area contributed by atoms with E-state index in [1.165, 1.54) is 6.07 Å². The summed E-state index contributed by atoms with van der Waals surface area (Å²) in [4.78, 5) is 0.0567. The van der Waals surface area contributed by atoms with Gasteiger partial charge in [-0.1, -0.05) is 31.0 Å². The van der Waals surface area contributed by atoms with Gasteiger partial charge in [0.25, 0.3) is 9.05 Å². The fourth-order valence-electron chi connectivity index (χ4n) is 2.64. The van der Waals surface area contributed by atoms with E-state index in [9.17, 15) is 12.8 Å². The summed E-state index contributed by atoms with van der Waals surface area (Å²) in [5.74, 6) is 0. The number of rotatable bonds is 3. The summed E-state index contributed by atoms with van der Waals surface area (Å²) in [5.41, 5.74) is -0.117. The molecule has 1 aliphatic carbocycles. The first-order valence-corrected chi connectivity index (χ1v) is 7.91. The van der Waals surface area contributed by atoms with Crippen LogP contribution in [0.15, 0.2) is 29.2 Å². The highest BCUT2D eigenvalue weighted by atomic mass is 35.7. The molecule has 0 atom stereocenters. The van der Waals surface area contributed by atoms with Crippen LogP contribution in [-0.2, 0) is 14.5 Å². The Morgan fingerprint density at radius 2 is 1.82 bits per heavy atom. The summed E-state index contributed by atoms with van der Waals surface area (Å²) in [6, 6.07) is 6.48. The fraction of sp³-hybridized carbons (Fsp3) is 0.500. The van der Waals surface area contributed by atoms with E-state index in [2.05, 4.69) is 0 Å². The normalized spacial score (nSPS) is 19.4. The summed E-state index contributed by atoms with van der Waals surface area (Å²) in [7, 11) is 1.60. The maximum atomic E-state index is 13.4. The maximum absolute atomic E-state index is 13.4. The lowest BCUT2D eigenvalue weighted by molar-refractivity contribution is 0.305. The number of hydrogen-bond acceptors (Lipinski definition) is 2. The zero-order valence-corrected chi connectivity index (χ0v) is 10.9. The monoisotopic (exact) mass is 276 g/mol. The van der Waals surface area contributed by atoms with Crippen molar-refractivity contribution in [1.82, 2.24) is 0 Å². The van der Waals surface area contributed by atoms with Crippen molar-refractivity contribution in [1.29, 1.82) is 0 Å². The molecule has 1 aromatic carbocycles. The molecule has 5 heteroatoms. The second-order valence-corrected chi connectivity index (χ2v) is 7.09. The van der Waals surface area contributed by atoms with Crippen molar-refractivity contribution in [2.24, 2.45) is 0 Å². The molecule has 94 valence electrons. The molecule has 0 bridgehead atoms. The molecule has 1 fully saturated rings. The first-order valence-electron chi connectivity index (χ1n) is 5.60. The van der Waals surface area contributed by atoms with Gasteiger partial charge < -0.3 is 0 Å². The smallest absolute Gasteiger partial charge is 0.250 e. The van der Waals surface area contributed by atoms with Gasteiger partial charge in [-0.2, -0.15) is 0 Å². The molecule has 1 aliphatic rings. The van der Waals surface area contributed by atoms with Crippen molar-refractivity contribution < 1.29 is 12.8 Å². The molecule has 1 saturated carbocycles. The lowest BCUT2D eigenvalue weighted by Crippen LogP contribution is -2.26. The third-order valence-electron chi connectivity index (χ3n) is 3.54. The van der Waals surface area contributed by atoms with Crippen molar-refractivity contribution in [3.8, 4) is 0 Å². The molecule has 0 unspecified atom stereocenters. The van der Waals surface area contributed by atoms with Gasteiger partial charge in [-0.3, -0.25) is 4.39 Å². The molecule has 0 N–H and O–H groups in total. The van der Waals surface area contributed by atoms with E-state index in [4.69, 9.17) is 10.7 Å². The molecule has 1 aromatic rings. The second kappa shape index (κ2) is 4.58. The molecule has 0 amide bonds. The van der Waals surface area contributed by atoms with Gasteiger partial charge in [-0.25, -0.2) is 8.42 Å². The molecule has 0 aliphatic heterocycles. The Morgan fingerprint density at radius 3 is 2.35 bits per heavy atom. The number of halogens is 2. The number of alkyl halides is 1. The van der Waals surface area contributed by atoms with Gasteiger partial charge in [0, 0.05) is 16.1 Å². The maximum Gasteiger partial charge on any atom is 0.261 e. The predicted molar refractivity (Wildman–Crippen MR) is 65.6 cm³/mol. The Bertz CT molecular complexity index is 507. The van der Waals surface area contributed by atoms with Crippen LogP contribution >= 0.6 is 10.7 Å². The molecule has 0 saturated heterocycles. The topological polar surface area (TPSA) is 34.1 Å². The Labute approximate surface area is 105 Å². The van der Waals surface area contributed by atoms with Crippen molar-refractivity contribution in [3.05, 3.63) is 29.8 Å². The highest BCUT2D eigenvalue weighted by molar-refractivity contribution is 8.13. The van der Waals surface area contributed by atoms with Crippen LogP contribution in [0.5, 0.6) is 0 Å². The molecule has 0 spiro atoms. The van der Waals surface area contributed by atoms with Crippen LogP contribution in [0.25, 0.3) is 0 Å². The zero-order valence-electron chi connectivity index (χ0n) is 9.33. The summed E-state index contributed by atoms with van der Waals surface area (Å²) in [6.07, 6.45) is 3.24. The van der Waals surface area contributed by atoms with Crippen LogP contribution in [0.1, 0.15) is 31.2 Å². The van der Waals surface area contributed by atoms with Crippen LogP contribution in [0.4, 0.5) is 4.39 Å². The average molecular weight is 277 g/mol. The van der Waals surface area contributed by atoms with Crippen molar-refractivity contribution in [2.75, 3.05) is 6.67 Å². The third kappa shape index (κ3) is 2.33. The molecular formula is C12H14ClFO2S. The Hall–Kier alpha value is -0.610. The van der Waals surface area contributed by atoms with Gasteiger partial charge in [-0.05, 0) is 24.5 Å². The molecule has 0 radical (unpaired) electrons. The standard InChI is InChI=1S/C12H14ClFO2S/c13-17(15,16)11-6-2-1-5-10(11)12(9-14)7-3-4-8-12/h1-2,5-6H,3-4,7-9H2. The number of hydrogen-bond donors (Lipinski definition) is 0. The first kappa shape index (κ1) is 12.8. The lowest BCUT2D eigenvalue weighted by atomic mass is 9.80. The molecule has 0 heterocycles. The Balaban J connectivity index is 2.59. The van der Waals surface area contributed by atoms with Crippen molar-refractivity contribution >= 4 is 19.7 Å². The van der Waals surface area contributed by atoms with Crippen LogP contribution in [-0.4, -0.2) is 15.1 Å². The summed E-state index contributed by atoms with van der Waals surface area (Å²) in [5, 5.41) is 0. The molecule has 0 aromatic heterocycles. The van der Waals surface area contributed by atoms with Crippen molar-refractivity contribution in [3.63, 3.8) is 0 Å². The highest BCUT2D eigenvalue weighted by Crippen LogP contribution is 2.44. The summed E-state index contributed by atoms with van der Waals surface area (Å²) < 4.78 is 36.4. The van der Waals surface area contributed by atoms with Gasteiger partial charge >= 0.3 is 0 Å². The van der Waals surface area contributed by atoms with Gasteiger partial charge in [-0.15, -0.1) is 0 Å². The zero-order chi connectivity index (χ0) is 12.5. The van der Waals surface area contributed by atoms with Crippen molar-refractivity contribution in [2.45, 2.75) is 36.0 Å². The van der Waals surface area contributed by atoms with E-state index in [0.717, 1.165) is 12.8 Å². The van der Waals surface area contributed by atoms with Crippen LogP contribution in [0.2, 0.25) is 0 Å². The van der Waals surface area contributed by atoms with Gasteiger partial charge in [0.15, 0.2) is 0 Å². The number of benzene rings is 1. The van der Waals surface area contributed by atoms with E-state index in [1.807, 2.05) is 0 Å². The van der Waals surface area contributed by atoms with E-state index in [1.54, 1.807) is 18.2 Å². The molecule has 2 rings (SSSR count). The largest absolute Gasteiger partial charge is 0.261 e. The quantitative estimate of drug-likeness (QED) is 0.793. The first-order chi connectivity index (χ1) is 7.99. The van der Waals surface area contributed by atoms with Gasteiger partial charge in [0.1, 0.15) is 0 Å². The van der Waals surface area contributed by atoms with E-state index >= 15 is 0 Å². The fourth-order valence-corrected chi connectivity index (χ4v) is 3.84. The minimum Gasteiger partial charge on any atom is -0.250 e. The van der Waals surface area contributed by atoms with E-state index < -0.39 is 21.1 Å². The molecule has 2 nitrogen and oxygen atoms in total.